The Balaban J connectivity index is 2.90. The van der Waals surface area contributed by atoms with E-state index in [2.05, 4.69) is 5.10 Å². The van der Waals surface area contributed by atoms with Crippen molar-refractivity contribution < 1.29 is 9.84 Å². The van der Waals surface area contributed by atoms with E-state index in [1.54, 1.807) is 11.6 Å². The summed E-state index contributed by atoms with van der Waals surface area (Å²) < 4.78 is 7.15. The first-order valence-corrected chi connectivity index (χ1v) is 4.91. The van der Waals surface area contributed by atoms with E-state index in [4.69, 9.17) is 4.74 Å². The molecular weight excluding hydrogens is 180 g/mol. The number of ether oxygens (including phenoxy) is 1. The van der Waals surface area contributed by atoms with Crippen molar-refractivity contribution in [2.75, 3.05) is 6.61 Å². The minimum Gasteiger partial charge on any atom is -0.477 e. The predicted molar refractivity (Wildman–Crippen MR) is 54.6 cm³/mol. The van der Waals surface area contributed by atoms with Crippen molar-refractivity contribution in [2.45, 2.75) is 40.3 Å². The monoisotopic (exact) mass is 198 g/mol. The highest BCUT2D eigenvalue weighted by Gasteiger charge is 2.12. The third-order valence-electron chi connectivity index (χ3n) is 2.18. The lowest BCUT2D eigenvalue weighted by Crippen LogP contribution is -2.14. The Hall–Kier alpha value is -1.03. The van der Waals surface area contributed by atoms with E-state index in [9.17, 15) is 5.11 Å². The molecule has 1 unspecified atom stereocenters. The molecule has 0 saturated heterocycles. The normalized spacial score (nSPS) is 12.9. The van der Waals surface area contributed by atoms with Crippen molar-refractivity contribution in [3.8, 4) is 5.88 Å². The number of hydrogen-bond donors (Lipinski definition) is 1. The van der Waals surface area contributed by atoms with Gasteiger partial charge < -0.3 is 9.84 Å². The second-order valence-electron chi connectivity index (χ2n) is 3.48. The van der Waals surface area contributed by atoms with Crippen molar-refractivity contribution in [1.82, 2.24) is 9.78 Å². The highest BCUT2D eigenvalue weighted by Crippen LogP contribution is 2.19. The minimum absolute atomic E-state index is 0.387. The molecule has 0 amide bonds. The maximum absolute atomic E-state index is 9.26. The fraction of sp³-hybridized carbons (Fsp3) is 0.700. The first kappa shape index (κ1) is 11.0. The lowest BCUT2D eigenvalue weighted by molar-refractivity contribution is 0.166. The zero-order chi connectivity index (χ0) is 10.7. The van der Waals surface area contributed by atoms with Crippen LogP contribution in [0.5, 0.6) is 5.88 Å². The minimum atomic E-state index is -0.387. The van der Waals surface area contributed by atoms with Gasteiger partial charge in [-0.25, -0.2) is 0 Å². The highest BCUT2D eigenvalue weighted by atomic mass is 16.5. The molecule has 4 heteroatoms. The van der Waals surface area contributed by atoms with Crippen LogP contribution < -0.4 is 4.74 Å². The molecule has 0 bridgehead atoms. The summed E-state index contributed by atoms with van der Waals surface area (Å²) in [4.78, 5) is 0. The van der Waals surface area contributed by atoms with Gasteiger partial charge in [-0.2, -0.15) is 0 Å². The lowest BCUT2D eigenvalue weighted by atomic mass is 10.3. The van der Waals surface area contributed by atoms with Gasteiger partial charge in [-0.1, -0.05) is 0 Å². The van der Waals surface area contributed by atoms with Crippen LogP contribution in [0, 0.1) is 13.8 Å². The van der Waals surface area contributed by atoms with Gasteiger partial charge in [0.25, 0.3) is 0 Å². The van der Waals surface area contributed by atoms with Gasteiger partial charge in [0, 0.05) is 11.3 Å². The van der Waals surface area contributed by atoms with Crippen molar-refractivity contribution in [3.05, 3.63) is 11.3 Å². The molecule has 0 fully saturated rings. The zero-order valence-electron chi connectivity index (χ0n) is 9.24. The van der Waals surface area contributed by atoms with Crippen LogP contribution >= 0.6 is 0 Å². The molecule has 0 aliphatic rings. The second-order valence-corrected chi connectivity index (χ2v) is 3.48. The molecule has 1 rings (SSSR count). The summed E-state index contributed by atoms with van der Waals surface area (Å²) in [6.07, 6.45) is -0.387. The maximum atomic E-state index is 9.26. The Morgan fingerprint density at radius 3 is 2.64 bits per heavy atom. The van der Waals surface area contributed by atoms with E-state index in [1.165, 1.54) is 0 Å². The van der Waals surface area contributed by atoms with Crippen LogP contribution in [0.25, 0.3) is 0 Å². The number of nitrogens with zero attached hydrogens (tertiary/aromatic N) is 2. The summed E-state index contributed by atoms with van der Waals surface area (Å²) in [6, 6.07) is 0. The quantitative estimate of drug-likeness (QED) is 0.792. The van der Waals surface area contributed by atoms with E-state index < -0.39 is 0 Å². The first-order valence-electron chi connectivity index (χ1n) is 4.91. The molecule has 1 heterocycles. The SMILES string of the molecule is CCOc1nn(CC(C)O)c(C)c1C. The van der Waals surface area contributed by atoms with Gasteiger partial charge in [-0.3, -0.25) is 4.68 Å². The number of rotatable bonds is 4. The average Bonchev–Trinajstić information content (AvgIpc) is 2.34. The lowest BCUT2D eigenvalue weighted by Gasteiger charge is -2.05. The molecule has 0 saturated carbocycles. The Kier molecular flexibility index (Phi) is 3.52. The molecule has 1 aromatic heterocycles. The summed E-state index contributed by atoms with van der Waals surface area (Å²) in [5, 5.41) is 13.5. The molecule has 80 valence electrons. The number of aliphatic hydroxyl groups excluding tert-OH is 1. The van der Waals surface area contributed by atoms with Crippen molar-refractivity contribution in [3.63, 3.8) is 0 Å². The summed E-state index contributed by atoms with van der Waals surface area (Å²) in [7, 11) is 0. The molecule has 14 heavy (non-hydrogen) atoms. The van der Waals surface area contributed by atoms with Crippen LogP contribution in [-0.2, 0) is 6.54 Å². The summed E-state index contributed by atoms with van der Waals surface area (Å²) in [6.45, 7) is 8.77. The van der Waals surface area contributed by atoms with Crippen molar-refractivity contribution >= 4 is 0 Å². The van der Waals surface area contributed by atoms with Gasteiger partial charge in [0.15, 0.2) is 0 Å². The summed E-state index contributed by atoms with van der Waals surface area (Å²) in [5.74, 6) is 0.672. The van der Waals surface area contributed by atoms with Crippen LogP contribution in [0.2, 0.25) is 0 Å². The van der Waals surface area contributed by atoms with E-state index in [1.807, 2.05) is 20.8 Å². The van der Waals surface area contributed by atoms with Crippen LogP contribution in [0.3, 0.4) is 0 Å². The van der Waals surface area contributed by atoms with Gasteiger partial charge >= 0.3 is 0 Å². The standard InChI is InChI=1S/C10H18N2O2/c1-5-14-10-8(3)9(4)12(11-10)6-7(2)13/h7,13H,5-6H2,1-4H3. The maximum Gasteiger partial charge on any atom is 0.235 e. The van der Waals surface area contributed by atoms with Gasteiger partial charge in [-0.05, 0) is 27.7 Å². The van der Waals surface area contributed by atoms with Gasteiger partial charge in [-0.15, -0.1) is 5.10 Å². The molecular formula is C10H18N2O2. The van der Waals surface area contributed by atoms with Crippen LogP contribution in [0.4, 0.5) is 0 Å². The fourth-order valence-electron chi connectivity index (χ4n) is 1.31. The van der Waals surface area contributed by atoms with E-state index >= 15 is 0 Å². The molecule has 0 radical (unpaired) electrons. The van der Waals surface area contributed by atoms with Crippen LogP contribution in [0.1, 0.15) is 25.1 Å². The van der Waals surface area contributed by atoms with Crippen molar-refractivity contribution in [2.24, 2.45) is 0 Å². The largest absolute Gasteiger partial charge is 0.477 e. The van der Waals surface area contributed by atoms with E-state index in [-0.39, 0.29) is 6.10 Å². The Morgan fingerprint density at radius 1 is 1.50 bits per heavy atom. The predicted octanol–water partition coefficient (Wildman–Crippen LogP) is 1.28. The molecule has 4 nitrogen and oxygen atoms in total. The second kappa shape index (κ2) is 4.46. The molecule has 1 atom stereocenters. The number of hydrogen-bond acceptors (Lipinski definition) is 3. The Morgan fingerprint density at radius 2 is 2.14 bits per heavy atom. The van der Waals surface area contributed by atoms with Gasteiger partial charge in [0.05, 0.1) is 19.3 Å². The summed E-state index contributed by atoms with van der Waals surface area (Å²) >= 11 is 0. The zero-order valence-corrected chi connectivity index (χ0v) is 9.24. The fourth-order valence-corrected chi connectivity index (χ4v) is 1.31. The van der Waals surface area contributed by atoms with Crippen LogP contribution in [0.15, 0.2) is 0 Å². The van der Waals surface area contributed by atoms with Gasteiger partial charge in [0.1, 0.15) is 0 Å². The van der Waals surface area contributed by atoms with Crippen LogP contribution in [-0.4, -0.2) is 27.6 Å². The smallest absolute Gasteiger partial charge is 0.235 e. The molecule has 1 aromatic rings. The number of aromatic nitrogens is 2. The van der Waals surface area contributed by atoms with E-state index in [0.29, 0.717) is 19.0 Å². The Labute approximate surface area is 84.5 Å². The van der Waals surface area contributed by atoms with Crippen molar-refractivity contribution in [1.29, 1.82) is 0 Å². The van der Waals surface area contributed by atoms with Gasteiger partial charge in [0.2, 0.25) is 5.88 Å². The third kappa shape index (κ3) is 2.26. The topological polar surface area (TPSA) is 47.3 Å². The van der Waals surface area contributed by atoms with E-state index in [0.717, 1.165) is 11.3 Å². The first-order chi connectivity index (χ1) is 6.56. The highest BCUT2D eigenvalue weighted by molar-refractivity contribution is 5.28. The summed E-state index contributed by atoms with van der Waals surface area (Å²) in [5.41, 5.74) is 2.10. The average molecular weight is 198 g/mol. The third-order valence-corrected chi connectivity index (χ3v) is 2.18. The molecule has 0 spiro atoms. The molecule has 0 aliphatic heterocycles. The molecule has 0 aromatic carbocycles. The Bertz CT molecular complexity index is 305. The molecule has 1 N–H and O–H groups in total. The molecule has 0 aliphatic carbocycles. The number of aliphatic hydroxyl groups is 1.